The summed E-state index contributed by atoms with van der Waals surface area (Å²) in [4.78, 5) is 20.5. The lowest BCUT2D eigenvalue weighted by Gasteiger charge is -2.08. The van der Waals surface area contributed by atoms with Gasteiger partial charge in [0, 0.05) is 5.92 Å². The van der Waals surface area contributed by atoms with Crippen molar-refractivity contribution in [2.45, 2.75) is 33.1 Å². The van der Waals surface area contributed by atoms with Crippen LogP contribution in [0, 0.1) is 0 Å². The highest BCUT2D eigenvalue weighted by Gasteiger charge is 2.16. The molecule has 0 saturated heterocycles. The van der Waals surface area contributed by atoms with Gasteiger partial charge in [-0.3, -0.25) is 10.1 Å². The van der Waals surface area contributed by atoms with Gasteiger partial charge < -0.3 is 5.73 Å². The molecule has 2 aromatic rings. The van der Waals surface area contributed by atoms with Crippen LogP contribution in [0.2, 0.25) is 0 Å². The van der Waals surface area contributed by atoms with Crippen LogP contribution in [-0.2, 0) is 6.42 Å². The van der Waals surface area contributed by atoms with Gasteiger partial charge in [0.15, 0.2) is 5.69 Å². The molecule has 0 aliphatic carbocycles. The summed E-state index contributed by atoms with van der Waals surface area (Å²) < 4.78 is 0. The maximum absolute atomic E-state index is 12.2. The number of anilines is 2. The molecule has 0 aromatic carbocycles. The van der Waals surface area contributed by atoms with Gasteiger partial charge in [-0.2, -0.15) is 0 Å². The third-order valence-corrected chi connectivity index (χ3v) is 3.54. The third kappa shape index (κ3) is 3.08. The summed E-state index contributed by atoms with van der Waals surface area (Å²) in [5, 5.41) is 11.8. The number of carbonyl (C=O) groups excluding carboxylic acids is 1. The Morgan fingerprint density at radius 1 is 1.45 bits per heavy atom. The van der Waals surface area contributed by atoms with Gasteiger partial charge in [0.05, 0.1) is 11.9 Å². The quantitative estimate of drug-likeness (QED) is 0.890. The number of nitrogens with zero attached hydrogens (tertiary/aromatic N) is 4. The zero-order valence-electron chi connectivity index (χ0n) is 11.5. The van der Waals surface area contributed by atoms with Crippen LogP contribution >= 0.6 is 11.3 Å². The Labute approximate surface area is 120 Å². The molecular weight excluding hydrogens is 276 g/mol. The minimum absolute atomic E-state index is 0.121. The van der Waals surface area contributed by atoms with Gasteiger partial charge in [0.1, 0.15) is 10.8 Å². The Morgan fingerprint density at radius 3 is 2.80 bits per heavy atom. The summed E-state index contributed by atoms with van der Waals surface area (Å²) >= 11 is 1.33. The average Bonchev–Trinajstić information content (AvgIpc) is 2.86. The van der Waals surface area contributed by atoms with Gasteiger partial charge in [-0.15, -0.1) is 10.2 Å². The van der Waals surface area contributed by atoms with Crippen molar-refractivity contribution < 1.29 is 4.79 Å². The van der Waals surface area contributed by atoms with Crippen molar-refractivity contribution in [3.05, 3.63) is 22.7 Å². The summed E-state index contributed by atoms with van der Waals surface area (Å²) in [6, 6.07) is 0. The van der Waals surface area contributed by atoms with E-state index in [2.05, 4.69) is 25.5 Å². The van der Waals surface area contributed by atoms with Crippen molar-refractivity contribution >= 4 is 28.1 Å². The van der Waals surface area contributed by atoms with E-state index in [9.17, 15) is 4.79 Å². The van der Waals surface area contributed by atoms with E-state index >= 15 is 0 Å². The monoisotopic (exact) mass is 292 g/mol. The summed E-state index contributed by atoms with van der Waals surface area (Å²) in [6.45, 7) is 5.88. The molecule has 2 rings (SSSR count). The van der Waals surface area contributed by atoms with Crippen LogP contribution in [0.1, 0.15) is 48.0 Å². The molecule has 106 valence electrons. The van der Waals surface area contributed by atoms with Crippen molar-refractivity contribution in [3.8, 4) is 0 Å². The van der Waals surface area contributed by atoms with Crippen LogP contribution in [0.25, 0.3) is 0 Å². The molecule has 0 aliphatic heterocycles. The number of hydrogen-bond acceptors (Lipinski definition) is 7. The topological polar surface area (TPSA) is 107 Å². The smallest absolute Gasteiger partial charge is 0.278 e. The second-order valence-corrected chi connectivity index (χ2v) is 5.56. The van der Waals surface area contributed by atoms with Crippen molar-refractivity contribution in [3.63, 3.8) is 0 Å². The van der Waals surface area contributed by atoms with Crippen LogP contribution < -0.4 is 11.1 Å². The largest absolute Gasteiger partial charge is 0.396 e. The highest BCUT2D eigenvalue weighted by molar-refractivity contribution is 7.15. The summed E-state index contributed by atoms with van der Waals surface area (Å²) in [5.41, 5.74) is 6.16. The number of aryl methyl sites for hydroxylation is 1. The molecule has 2 aromatic heterocycles. The Morgan fingerprint density at radius 2 is 2.20 bits per heavy atom. The molecule has 0 aliphatic rings. The first-order valence-corrected chi connectivity index (χ1v) is 7.09. The first-order valence-electron chi connectivity index (χ1n) is 6.27. The molecule has 0 fully saturated rings. The standard InChI is InChI=1S/C12H16N6OS/c1-4-8-17-18-12(20-8)16-11(19)9-7(13)5-14-10(15-9)6(2)3/h5-6H,4,13H2,1-3H3,(H,16,18,19). The van der Waals surface area contributed by atoms with E-state index in [0.717, 1.165) is 11.4 Å². The number of nitrogens with one attached hydrogen (secondary N) is 1. The molecular formula is C12H16N6OS. The second-order valence-electron chi connectivity index (χ2n) is 4.50. The molecule has 0 saturated carbocycles. The molecule has 0 spiro atoms. The third-order valence-electron chi connectivity index (χ3n) is 2.56. The van der Waals surface area contributed by atoms with Gasteiger partial charge >= 0.3 is 0 Å². The van der Waals surface area contributed by atoms with Crippen LogP contribution in [0.15, 0.2) is 6.20 Å². The summed E-state index contributed by atoms with van der Waals surface area (Å²) in [5.74, 6) is 0.303. The van der Waals surface area contributed by atoms with Gasteiger partial charge in [0.25, 0.3) is 5.91 Å². The Balaban J connectivity index is 2.22. The van der Waals surface area contributed by atoms with Crippen molar-refractivity contribution in [1.82, 2.24) is 20.2 Å². The SMILES string of the molecule is CCc1nnc(NC(=O)c2nc(C(C)C)ncc2N)s1. The number of nitrogen functional groups attached to an aromatic ring is 1. The average molecular weight is 292 g/mol. The molecule has 0 atom stereocenters. The fourth-order valence-electron chi connectivity index (χ4n) is 1.47. The molecule has 1 amide bonds. The molecule has 7 nitrogen and oxygen atoms in total. The Bertz CT molecular complexity index is 624. The van der Waals surface area contributed by atoms with Crippen molar-refractivity contribution in [2.24, 2.45) is 0 Å². The predicted octanol–water partition coefficient (Wildman–Crippen LogP) is 1.85. The summed E-state index contributed by atoms with van der Waals surface area (Å²) in [6.07, 6.45) is 2.23. The predicted molar refractivity (Wildman–Crippen MR) is 77.8 cm³/mol. The Hall–Kier alpha value is -2.09. The van der Waals surface area contributed by atoms with Gasteiger partial charge in [-0.05, 0) is 6.42 Å². The van der Waals surface area contributed by atoms with Crippen molar-refractivity contribution in [1.29, 1.82) is 0 Å². The Kier molecular flexibility index (Phi) is 4.23. The van der Waals surface area contributed by atoms with E-state index < -0.39 is 5.91 Å². The normalized spacial score (nSPS) is 10.8. The van der Waals surface area contributed by atoms with E-state index in [1.807, 2.05) is 20.8 Å². The molecule has 0 radical (unpaired) electrons. The van der Waals surface area contributed by atoms with Gasteiger partial charge in [-0.25, -0.2) is 9.97 Å². The minimum Gasteiger partial charge on any atom is -0.396 e. The van der Waals surface area contributed by atoms with Crippen molar-refractivity contribution in [2.75, 3.05) is 11.1 Å². The zero-order chi connectivity index (χ0) is 14.7. The fraction of sp³-hybridized carbons (Fsp3) is 0.417. The summed E-state index contributed by atoms with van der Waals surface area (Å²) in [7, 11) is 0. The number of aromatic nitrogens is 4. The van der Waals surface area contributed by atoms with E-state index in [4.69, 9.17) is 5.73 Å². The molecule has 3 N–H and O–H groups in total. The molecule has 20 heavy (non-hydrogen) atoms. The van der Waals surface area contributed by atoms with Crippen LogP contribution in [-0.4, -0.2) is 26.1 Å². The molecule has 0 bridgehead atoms. The zero-order valence-corrected chi connectivity index (χ0v) is 12.4. The van der Waals surface area contributed by atoms with E-state index in [-0.39, 0.29) is 17.3 Å². The number of amides is 1. The lowest BCUT2D eigenvalue weighted by molar-refractivity contribution is 0.102. The van der Waals surface area contributed by atoms with Gasteiger partial charge in [-0.1, -0.05) is 32.1 Å². The number of carbonyl (C=O) groups is 1. The minimum atomic E-state index is -0.398. The lowest BCUT2D eigenvalue weighted by atomic mass is 10.2. The maximum Gasteiger partial charge on any atom is 0.278 e. The second kappa shape index (κ2) is 5.91. The molecule has 0 unspecified atom stereocenters. The highest BCUT2D eigenvalue weighted by atomic mass is 32.1. The van der Waals surface area contributed by atoms with E-state index in [1.54, 1.807) is 0 Å². The molecule has 8 heteroatoms. The first kappa shape index (κ1) is 14.3. The van der Waals surface area contributed by atoms with Gasteiger partial charge in [0.2, 0.25) is 5.13 Å². The van der Waals surface area contributed by atoms with E-state index in [1.165, 1.54) is 17.5 Å². The van der Waals surface area contributed by atoms with Crippen LogP contribution in [0.3, 0.4) is 0 Å². The van der Waals surface area contributed by atoms with Crippen LogP contribution in [0.5, 0.6) is 0 Å². The lowest BCUT2D eigenvalue weighted by Crippen LogP contribution is -2.17. The van der Waals surface area contributed by atoms with E-state index in [0.29, 0.717) is 11.0 Å². The van der Waals surface area contributed by atoms with Crippen LogP contribution in [0.4, 0.5) is 10.8 Å². The number of hydrogen-bond donors (Lipinski definition) is 2. The fourth-order valence-corrected chi connectivity index (χ4v) is 2.14. The highest BCUT2D eigenvalue weighted by Crippen LogP contribution is 2.18. The number of rotatable bonds is 4. The maximum atomic E-state index is 12.2. The number of nitrogens with two attached hydrogens (primary N) is 1. The molecule has 2 heterocycles. The first-order chi connectivity index (χ1) is 9.51.